The Morgan fingerprint density at radius 1 is 1.41 bits per heavy atom. The summed E-state index contributed by atoms with van der Waals surface area (Å²) in [5, 5.41) is 17.2. The van der Waals surface area contributed by atoms with Gasteiger partial charge in [-0.2, -0.15) is 5.10 Å². The lowest BCUT2D eigenvalue weighted by atomic mass is 9.82. The third kappa shape index (κ3) is 2.84. The average molecular weight is 238 g/mol. The van der Waals surface area contributed by atoms with E-state index in [1.54, 1.807) is 6.33 Å². The summed E-state index contributed by atoms with van der Waals surface area (Å²) in [5.74, 6) is 0.950. The standard InChI is InChI=1S/C12H22N4O/c1-2-16-11(13-10-15-16)8-14-12(9-17)6-4-3-5-7-12/h10,14,17H,2-9H2,1H3. The van der Waals surface area contributed by atoms with Crippen molar-refractivity contribution in [2.24, 2.45) is 0 Å². The van der Waals surface area contributed by atoms with E-state index in [0.29, 0.717) is 6.54 Å². The molecule has 1 aliphatic carbocycles. The fraction of sp³-hybridized carbons (Fsp3) is 0.833. The maximum Gasteiger partial charge on any atom is 0.140 e. The molecule has 96 valence electrons. The Labute approximate surface area is 102 Å². The van der Waals surface area contributed by atoms with Gasteiger partial charge in [-0.15, -0.1) is 0 Å². The van der Waals surface area contributed by atoms with Gasteiger partial charge in [0.2, 0.25) is 0 Å². The highest BCUT2D eigenvalue weighted by molar-refractivity contribution is 4.93. The van der Waals surface area contributed by atoms with Crippen LogP contribution in [0.2, 0.25) is 0 Å². The van der Waals surface area contributed by atoms with E-state index in [4.69, 9.17) is 0 Å². The van der Waals surface area contributed by atoms with E-state index < -0.39 is 0 Å². The van der Waals surface area contributed by atoms with Crippen LogP contribution in [0.1, 0.15) is 44.9 Å². The van der Waals surface area contributed by atoms with Gasteiger partial charge >= 0.3 is 0 Å². The topological polar surface area (TPSA) is 63.0 Å². The van der Waals surface area contributed by atoms with Gasteiger partial charge in [-0.05, 0) is 19.8 Å². The summed E-state index contributed by atoms with van der Waals surface area (Å²) >= 11 is 0. The molecule has 0 amide bonds. The molecular weight excluding hydrogens is 216 g/mol. The number of nitrogens with zero attached hydrogens (tertiary/aromatic N) is 3. The summed E-state index contributed by atoms with van der Waals surface area (Å²) in [7, 11) is 0. The molecule has 0 bridgehead atoms. The summed E-state index contributed by atoms with van der Waals surface area (Å²) in [6, 6.07) is 0. The fourth-order valence-corrected chi connectivity index (χ4v) is 2.58. The first-order chi connectivity index (χ1) is 8.29. The Kier molecular flexibility index (Phi) is 4.12. The molecule has 0 unspecified atom stereocenters. The van der Waals surface area contributed by atoms with Gasteiger partial charge in [-0.1, -0.05) is 19.3 Å². The van der Waals surface area contributed by atoms with Gasteiger partial charge in [0.15, 0.2) is 0 Å². The summed E-state index contributed by atoms with van der Waals surface area (Å²) in [4.78, 5) is 4.24. The number of nitrogens with one attached hydrogen (secondary N) is 1. The van der Waals surface area contributed by atoms with Crippen molar-refractivity contribution in [3.8, 4) is 0 Å². The zero-order chi connectivity index (χ0) is 12.1. The molecule has 0 radical (unpaired) electrons. The predicted molar refractivity (Wildman–Crippen MR) is 65.4 cm³/mol. The second-order valence-electron chi connectivity index (χ2n) is 4.84. The summed E-state index contributed by atoms with van der Waals surface area (Å²) in [6.45, 7) is 3.80. The van der Waals surface area contributed by atoms with Crippen LogP contribution < -0.4 is 5.32 Å². The van der Waals surface area contributed by atoms with Gasteiger partial charge in [0, 0.05) is 12.1 Å². The SMILES string of the molecule is CCn1ncnc1CNC1(CO)CCCCC1. The van der Waals surface area contributed by atoms with Crippen molar-refractivity contribution in [1.29, 1.82) is 0 Å². The maximum atomic E-state index is 9.59. The molecule has 0 aromatic carbocycles. The minimum Gasteiger partial charge on any atom is -0.394 e. The van der Waals surface area contributed by atoms with E-state index in [1.165, 1.54) is 19.3 Å². The second-order valence-corrected chi connectivity index (χ2v) is 4.84. The van der Waals surface area contributed by atoms with Crippen molar-refractivity contribution < 1.29 is 5.11 Å². The number of hydrogen-bond acceptors (Lipinski definition) is 4. The first-order valence-electron chi connectivity index (χ1n) is 6.52. The average Bonchev–Trinajstić information content (AvgIpc) is 2.85. The van der Waals surface area contributed by atoms with E-state index in [-0.39, 0.29) is 12.1 Å². The lowest BCUT2D eigenvalue weighted by Crippen LogP contribution is -2.49. The summed E-state index contributed by atoms with van der Waals surface area (Å²) < 4.78 is 1.89. The number of aromatic nitrogens is 3. The first-order valence-corrected chi connectivity index (χ1v) is 6.52. The van der Waals surface area contributed by atoms with Crippen LogP contribution in [0.4, 0.5) is 0 Å². The third-order valence-electron chi connectivity index (χ3n) is 3.73. The molecule has 17 heavy (non-hydrogen) atoms. The molecule has 5 heteroatoms. The molecule has 2 rings (SSSR count). The molecule has 2 N–H and O–H groups in total. The molecular formula is C12H22N4O. The largest absolute Gasteiger partial charge is 0.394 e. The Morgan fingerprint density at radius 3 is 2.82 bits per heavy atom. The highest BCUT2D eigenvalue weighted by atomic mass is 16.3. The van der Waals surface area contributed by atoms with Crippen molar-refractivity contribution in [2.75, 3.05) is 6.61 Å². The summed E-state index contributed by atoms with van der Waals surface area (Å²) in [5.41, 5.74) is -0.0945. The Hall–Kier alpha value is -0.940. The zero-order valence-corrected chi connectivity index (χ0v) is 10.5. The zero-order valence-electron chi connectivity index (χ0n) is 10.5. The van der Waals surface area contributed by atoms with Crippen LogP contribution >= 0.6 is 0 Å². The predicted octanol–water partition coefficient (Wildman–Crippen LogP) is 1.08. The molecule has 1 aromatic rings. The molecule has 5 nitrogen and oxygen atoms in total. The van der Waals surface area contributed by atoms with Gasteiger partial charge < -0.3 is 10.4 Å². The van der Waals surface area contributed by atoms with E-state index in [1.807, 2.05) is 4.68 Å². The molecule has 1 saturated carbocycles. The molecule has 0 atom stereocenters. The Bertz CT molecular complexity index is 344. The first kappa shape index (κ1) is 12.5. The van der Waals surface area contributed by atoms with Gasteiger partial charge in [0.05, 0.1) is 13.2 Å². The lowest BCUT2D eigenvalue weighted by molar-refractivity contribution is 0.118. The van der Waals surface area contributed by atoms with Crippen molar-refractivity contribution >= 4 is 0 Å². The minimum atomic E-state index is -0.0945. The molecule has 1 fully saturated rings. The third-order valence-corrected chi connectivity index (χ3v) is 3.73. The van der Waals surface area contributed by atoms with Crippen LogP contribution in [0.5, 0.6) is 0 Å². The molecule has 1 aliphatic rings. The van der Waals surface area contributed by atoms with E-state index in [0.717, 1.165) is 25.2 Å². The molecule has 0 aliphatic heterocycles. The monoisotopic (exact) mass is 238 g/mol. The van der Waals surface area contributed by atoms with Crippen LogP contribution in [0, 0.1) is 0 Å². The number of aliphatic hydroxyl groups is 1. The lowest BCUT2D eigenvalue weighted by Gasteiger charge is -2.36. The molecule has 1 aromatic heterocycles. The van der Waals surface area contributed by atoms with Crippen LogP contribution in [-0.4, -0.2) is 32.0 Å². The van der Waals surface area contributed by atoms with Crippen molar-refractivity contribution in [1.82, 2.24) is 20.1 Å². The van der Waals surface area contributed by atoms with Crippen molar-refractivity contribution in [3.05, 3.63) is 12.2 Å². The fourth-order valence-electron chi connectivity index (χ4n) is 2.58. The second kappa shape index (κ2) is 5.60. The number of aryl methyl sites for hydroxylation is 1. The summed E-state index contributed by atoms with van der Waals surface area (Å²) in [6.07, 6.45) is 7.40. The molecule has 0 spiro atoms. The smallest absolute Gasteiger partial charge is 0.140 e. The van der Waals surface area contributed by atoms with Gasteiger partial charge in [-0.25, -0.2) is 9.67 Å². The van der Waals surface area contributed by atoms with Crippen LogP contribution in [0.25, 0.3) is 0 Å². The molecule has 0 saturated heterocycles. The number of rotatable bonds is 5. The van der Waals surface area contributed by atoms with Gasteiger partial charge in [-0.3, -0.25) is 0 Å². The van der Waals surface area contributed by atoms with Gasteiger partial charge in [0.1, 0.15) is 12.2 Å². The normalized spacial score (nSPS) is 19.4. The van der Waals surface area contributed by atoms with Crippen LogP contribution in [0.15, 0.2) is 6.33 Å². The number of aliphatic hydroxyl groups excluding tert-OH is 1. The van der Waals surface area contributed by atoms with Gasteiger partial charge in [0.25, 0.3) is 0 Å². The van der Waals surface area contributed by atoms with Crippen molar-refractivity contribution in [3.63, 3.8) is 0 Å². The minimum absolute atomic E-state index is 0.0945. The van der Waals surface area contributed by atoms with Crippen LogP contribution in [0.3, 0.4) is 0 Å². The highest BCUT2D eigenvalue weighted by Gasteiger charge is 2.30. The number of hydrogen-bond donors (Lipinski definition) is 2. The highest BCUT2D eigenvalue weighted by Crippen LogP contribution is 2.27. The van der Waals surface area contributed by atoms with E-state index in [2.05, 4.69) is 22.3 Å². The van der Waals surface area contributed by atoms with E-state index >= 15 is 0 Å². The maximum absolute atomic E-state index is 9.59. The Balaban J connectivity index is 1.95. The Morgan fingerprint density at radius 2 is 2.18 bits per heavy atom. The quantitative estimate of drug-likeness (QED) is 0.806. The van der Waals surface area contributed by atoms with Crippen molar-refractivity contribution in [2.45, 2.75) is 57.7 Å². The van der Waals surface area contributed by atoms with E-state index in [9.17, 15) is 5.11 Å². The molecule has 1 heterocycles. The van der Waals surface area contributed by atoms with Crippen LogP contribution in [-0.2, 0) is 13.1 Å².